The Hall–Kier alpha value is -2.54. The molecular weight excluding hydrogens is 381 g/mol. The number of benzene rings is 2. The fourth-order valence-corrected chi connectivity index (χ4v) is 4.20. The number of aliphatic hydroxyl groups is 1. The molecule has 1 aliphatic rings. The Balaban J connectivity index is 1.59. The molecule has 0 saturated heterocycles. The Morgan fingerprint density at radius 1 is 0.967 bits per heavy atom. The van der Waals surface area contributed by atoms with Crippen molar-refractivity contribution >= 4 is 10.9 Å². The van der Waals surface area contributed by atoms with Gasteiger partial charge in [-0.2, -0.15) is 0 Å². The van der Waals surface area contributed by atoms with Gasteiger partial charge in [0, 0.05) is 38.3 Å². The average molecular weight is 410 g/mol. The molecule has 30 heavy (non-hydrogen) atoms. The van der Waals surface area contributed by atoms with E-state index in [1.165, 1.54) is 29.7 Å². The largest absolute Gasteiger partial charge is 0.395 e. The lowest BCUT2D eigenvalue weighted by Gasteiger charge is -2.15. The first kappa shape index (κ1) is 20.7. The highest BCUT2D eigenvalue weighted by Gasteiger charge is 2.16. The minimum atomic E-state index is -0.251. The molecule has 3 N–H and O–H groups in total. The summed E-state index contributed by atoms with van der Waals surface area (Å²) in [5.41, 5.74) is 5.43. The number of rotatable bonds is 9. The van der Waals surface area contributed by atoms with E-state index in [-0.39, 0.29) is 18.0 Å². The quantitative estimate of drug-likeness (QED) is 0.475. The van der Waals surface area contributed by atoms with Crippen LogP contribution >= 0.6 is 0 Å². The van der Waals surface area contributed by atoms with Crippen LogP contribution in [-0.4, -0.2) is 29.4 Å². The number of halogens is 1. The maximum absolute atomic E-state index is 13.2. The van der Waals surface area contributed by atoms with Crippen molar-refractivity contribution in [2.24, 2.45) is 0 Å². The molecule has 0 aliphatic heterocycles. The highest BCUT2D eigenvalue weighted by Crippen LogP contribution is 2.27. The van der Waals surface area contributed by atoms with Gasteiger partial charge in [-0.15, -0.1) is 0 Å². The third-order valence-corrected chi connectivity index (χ3v) is 5.74. The summed E-state index contributed by atoms with van der Waals surface area (Å²) < 4.78 is 14.9. The topological polar surface area (TPSA) is 66.3 Å². The molecule has 1 heterocycles. The van der Waals surface area contributed by atoms with Crippen molar-refractivity contribution in [1.29, 1.82) is 0 Å². The number of nitrogens with zero attached hydrogens (tertiary/aromatic N) is 1. The van der Waals surface area contributed by atoms with E-state index >= 15 is 0 Å². The van der Waals surface area contributed by atoms with Crippen LogP contribution in [0.25, 0.3) is 10.9 Å². The molecule has 5 nitrogen and oxygen atoms in total. The maximum atomic E-state index is 13.2. The maximum Gasteiger partial charge on any atom is 0.255 e. The van der Waals surface area contributed by atoms with Gasteiger partial charge in [0.15, 0.2) is 0 Å². The summed E-state index contributed by atoms with van der Waals surface area (Å²) in [6, 6.07) is 12.8. The van der Waals surface area contributed by atoms with Crippen molar-refractivity contribution < 1.29 is 9.50 Å². The molecule has 158 valence electrons. The lowest BCUT2D eigenvalue weighted by molar-refractivity contribution is 0.291. The number of pyridine rings is 1. The molecule has 0 saturated carbocycles. The standard InChI is InChI=1S/C24H28FN3O2/c25-22-6-4-17(5-7-22)15-27-16-21-13-20-12-18-2-1-3-19(18)14-23(20)28(24(21)30)10-8-26-9-11-29/h4-7,12-14,26-27,29H,1-3,8-11,15-16H2. The zero-order valence-corrected chi connectivity index (χ0v) is 17.1. The Bertz CT molecular complexity index is 1080. The molecule has 0 unspecified atom stereocenters. The molecule has 0 amide bonds. The molecule has 3 aromatic rings. The van der Waals surface area contributed by atoms with Gasteiger partial charge in [0.2, 0.25) is 0 Å². The lowest BCUT2D eigenvalue weighted by atomic mass is 10.0. The molecule has 0 spiro atoms. The van der Waals surface area contributed by atoms with Crippen molar-refractivity contribution in [2.45, 2.75) is 38.9 Å². The number of hydrogen-bond acceptors (Lipinski definition) is 4. The number of fused-ring (bicyclic) bond motifs is 2. The van der Waals surface area contributed by atoms with E-state index in [9.17, 15) is 9.18 Å². The third kappa shape index (κ3) is 4.61. The molecule has 0 atom stereocenters. The van der Waals surface area contributed by atoms with Crippen LogP contribution in [0.2, 0.25) is 0 Å². The normalized spacial score (nSPS) is 13.1. The molecule has 6 heteroatoms. The van der Waals surface area contributed by atoms with Gasteiger partial charge in [-0.1, -0.05) is 12.1 Å². The first-order chi connectivity index (χ1) is 14.7. The summed E-state index contributed by atoms with van der Waals surface area (Å²) in [6.07, 6.45) is 3.34. The highest BCUT2D eigenvalue weighted by atomic mass is 19.1. The van der Waals surface area contributed by atoms with E-state index in [2.05, 4.69) is 22.8 Å². The van der Waals surface area contributed by atoms with Gasteiger partial charge in [-0.3, -0.25) is 4.79 Å². The van der Waals surface area contributed by atoms with Gasteiger partial charge in [0.25, 0.3) is 5.56 Å². The zero-order chi connectivity index (χ0) is 20.9. The summed E-state index contributed by atoms with van der Waals surface area (Å²) in [5, 5.41) is 16.6. The minimum Gasteiger partial charge on any atom is -0.395 e. The van der Waals surface area contributed by atoms with Crippen LogP contribution in [0, 0.1) is 5.82 Å². The fraction of sp³-hybridized carbons (Fsp3) is 0.375. The van der Waals surface area contributed by atoms with Crippen molar-refractivity contribution in [3.05, 3.63) is 80.9 Å². The second kappa shape index (κ2) is 9.51. The fourth-order valence-electron chi connectivity index (χ4n) is 4.20. The van der Waals surface area contributed by atoms with E-state index in [0.29, 0.717) is 32.7 Å². The smallest absolute Gasteiger partial charge is 0.255 e. The first-order valence-electron chi connectivity index (χ1n) is 10.6. The van der Waals surface area contributed by atoms with E-state index in [0.717, 1.165) is 34.9 Å². The predicted molar refractivity (Wildman–Crippen MR) is 117 cm³/mol. The number of hydrogen-bond donors (Lipinski definition) is 3. The van der Waals surface area contributed by atoms with Crippen molar-refractivity contribution in [2.75, 3.05) is 19.7 Å². The Morgan fingerprint density at radius 3 is 2.50 bits per heavy atom. The molecule has 1 aliphatic carbocycles. The van der Waals surface area contributed by atoms with E-state index in [1.807, 2.05) is 10.6 Å². The van der Waals surface area contributed by atoms with Gasteiger partial charge in [-0.25, -0.2) is 4.39 Å². The van der Waals surface area contributed by atoms with Crippen molar-refractivity contribution in [3.63, 3.8) is 0 Å². The zero-order valence-electron chi connectivity index (χ0n) is 17.1. The van der Waals surface area contributed by atoms with Crippen LogP contribution in [0.1, 0.15) is 28.7 Å². The van der Waals surface area contributed by atoms with Crippen LogP contribution in [0.4, 0.5) is 4.39 Å². The molecule has 4 rings (SSSR count). The molecular formula is C24H28FN3O2. The summed E-state index contributed by atoms with van der Waals surface area (Å²) in [5.74, 6) is -0.251. The monoisotopic (exact) mass is 409 g/mol. The van der Waals surface area contributed by atoms with E-state index in [4.69, 9.17) is 5.11 Å². The van der Waals surface area contributed by atoms with E-state index < -0.39 is 0 Å². The second-order valence-corrected chi connectivity index (χ2v) is 7.86. The first-order valence-corrected chi connectivity index (χ1v) is 10.6. The molecule has 2 aromatic carbocycles. The summed E-state index contributed by atoms with van der Waals surface area (Å²) >= 11 is 0. The SMILES string of the molecule is O=c1c(CNCc2ccc(F)cc2)cc2cc3c(cc2n1CCNCCO)CCC3. The van der Waals surface area contributed by atoms with Crippen LogP contribution in [0.15, 0.2) is 47.3 Å². The molecule has 0 radical (unpaired) electrons. The van der Waals surface area contributed by atoms with Gasteiger partial charge < -0.3 is 20.3 Å². The summed E-state index contributed by atoms with van der Waals surface area (Å²) in [7, 11) is 0. The van der Waals surface area contributed by atoms with Crippen molar-refractivity contribution in [1.82, 2.24) is 15.2 Å². The van der Waals surface area contributed by atoms with Crippen molar-refractivity contribution in [3.8, 4) is 0 Å². The molecule has 0 bridgehead atoms. The third-order valence-electron chi connectivity index (χ3n) is 5.74. The average Bonchev–Trinajstić information content (AvgIpc) is 3.20. The second-order valence-electron chi connectivity index (χ2n) is 7.86. The summed E-state index contributed by atoms with van der Waals surface area (Å²) in [6.45, 7) is 2.80. The van der Waals surface area contributed by atoms with E-state index in [1.54, 1.807) is 12.1 Å². The van der Waals surface area contributed by atoms with Crippen LogP contribution in [0.5, 0.6) is 0 Å². The van der Waals surface area contributed by atoms with Gasteiger partial charge in [0.05, 0.1) is 12.1 Å². The van der Waals surface area contributed by atoms with Gasteiger partial charge in [-0.05, 0) is 71.7 Å². The lowest BCUT2D eigenvalue weighted by Crippen LogP contribution is -2.32. The molecule has 1 aromatic heterocycles. The number of aliphatic hydroxyl groups excluding tert-OH is 1. The predicted octanol–water partition coefficient (Wildman–Crippen LogP) is 2.50. The number of aryl methyl sites for hydroxylation is 2. The highest BCUT2D eigenvalue weighted by molar-refractivity contribution is 5.82. The number of aromatic nitrogens is 1. The van der Waals surface area contributed by atoms with Crippen LogP contribution < -0.4 is 16.2 Å². The number of nitrogens with one attached hydrogen (secondary N) is 2. The Labute approximate surface area is 175 Å². The van der Waals surface area contributed by atoms with Gasteiger partial charge in [0.1, 0.15) is 5.82 Å². The Morgan fingerprint density at radius 2 is 1.73 bits per heavy atom. The van der Waals surface area contributed by atoms with Crippen LogP contribution in [0.3, 0.4) is 0 Å². The van der Waals surface area contributed by atoms with Crippen LogP contribution in [-0.2, 0) is 32.5 Å². The summed E-state index contributed by atoms with van der Waals surface area (Å²) in [4.78, 5) is 13.2. The van der Waals surface area contributed by atoms with Gasteiger partial charge >= 0.3 is 0 Å². The minimum absolute atomic E-state index is 0.0119. The Kier molecular flexibility index (Phi) is 6.57. The molecule has 0 fully saturated rings.